The summed E-state index contributed by atoms with van der Waals surface area (Å²) in [5.41, 5.74) is 5.13. The van der Waals surface area contributed by atoms with Gasteiger partial charge in [0.25, 0.3) is 0 Å². The largest absolute Gasteiger partial charge is 0.382 e. The maximum Gasteiger partial charge on any atom is 0.212 e. The summed E-state index contributed by atoms with van der Waals surface area (Å²) in [7, 11) is 0. The zero-order valence-electron chi connectivity index (χ0n) is 11.5. The monoisotopic (exact) mass is 324 g/mol. The number of hydrogen-bond acceptors (Lipinski definition) is 6. The lowest BCUT2D eigenvalue weighted by molar-refractivity contribution is 0.103. The minimum Gasteiger partial charge on any atom is -0.382 e. The normalized spacial score (nSPS) is 17.6. The van der Waals surface area contributed by atoms with Crippen LogP contribution in [0.25, 0.3) is 0 Å². The molecule has 1 saturated heterocycles. The lowest BCUT2D eigenvalue weighted by Crippen LogP contribution is -2.21. The van der Waals surface area contributed by atoms with Gasteiger partial charge in [0.15, 0.2) is 5.13 Å². The molecule has 8 heteroatoms. The number of hydrogen-bond donors (Lipinski definition) is 3. The summed E-state index contributed by atoms with van der Waals surface area (Å²) in [5, 5.41) is 6.84. The van der Waals surface area contributed by atoms with E-state index in [9.17, 15) is 13.6 Å². The fraction of sp³-hybridized carbons (Fsp3) is 0.286. The van der Waals surface area contributed by atoms with Crippen LogP contribution in [-0.4, -0.2) is 29.9 Å². The predicted octanol–water partition coefficient (Wildman–Crippen LogP) is 2.01. The summed E-state index contributed by atoms with van der Waals surface area (Å²) in [6.07, 6.45) is 0.935. The molecule has 1 aliphatic heterocycles. The van der Waals surface area contributed by atoms with Crippen LogP contribution in [-0.2, 0) is 0 Å². The number of rotatable bonds is 4. The van der Waals surface area contributed by atoms with Gasteiger partial charge in [0.1, 0.15) is 22.3 Å². The van der Waals surface area contributed by atoms with E-state index in [4.69, 9.17) is 5.73 Å². The molecule has 1 atom stereocenters. The van der Waals surface area contributed by atoms with Crippen molar-refractivity contribution in [3.8, 4) is 0 Å². The summed E-state index contributed by atoms with van der Waals surface area (Å²) in [5.74, 6) is -2.63. The molecule has 1 fully saturated rings. The van der Waals surface area contributed by atoms with Gasteiger partial charge in [0.05, 0.1) is 5.56 Å². The topological polar surface area (TPSA) is 80.0 Å². The number of nitrogens with one attached hydrogen (secondary N) is 2. The highest BCUT2D eigenvalue weighted by Crippen LogP contribution is 2.29. The number of nitrogens with two attached hydrogens (primary N) is 1. The number of carbonyl (C=O) groups is 1. The first kappa shape index (κ1) is 14.9. The van der Waals surface area contributed by atoms with E-state index < -0.39 is 23.0 Å². The summed E-state index contributed by atoms with van der Waals surface area (Å²) in [6, 6.07) is 3.49. The zero-order valence-corrected chi connectivity index (χ0v) is 12.3. The third-order valence-electron chi connectivity index (χ3n) is 3.44. The summed E-state index contributed by atoms with van der Waals surface area (Å²) in [6.45, 7) is 1.70. The third-order valence-corrected chi connectivity index (χ3v) is 4.44. The minimum absolute atomic E-state index is 0.0221. The molecule has 0 unspecified atom stereocenters. The second kappa shape index (κ2) is 5.98. The molecule has 116 valence electrons. The number of aromatic nitrogens is 1. The fourth-order valence-corrected chi connectivity index (χ4v) is 3.25. The van der Waals surface area contributed by atoms with E-state index in [1.165, 1.54) is 6.07 Å². The van der Waals surface area contributed by atoms with E-state index in [0.29, 0.717) is 5.13 Å². The Labute approximate surface area is 129 Å². The van der Waals surface area contributed by atoms with Gasteiger partial charge in [-0.3, -0.25) is 4.79 Å². The van der Waals surface area contributed by atoms with Gasteiger partial charge in [-0.05, 0) is 25.1 Å². The van der Waals surface area contributed by atoms with E-state index in [2.05, 4.69) is 15.6 Å². The van der Waals surface area contributed by atoms with E-state index in [1.54, 1.807) is 0 Å². The molecule has 1 aromatic heterocycles. The van der Waals surface area contributed by atoms with Crippen molar-refractivity contribution >= 4 is 28.1 Å². The van der Waals surface area contributed by atoms with Crippen LogP contribution in [0.15, 0.2) is 18.2 Å². The molecule has 5 nitrogen and oxygen atoms in total. The zero-order chi connectivity index (χ0) is 15.7. The molecule has 2 heterocycles. The molecule has 0 amide bonds. The van der Waals surface area contributed by atoms with Crippen LogP contribution in [0.3, 0.4) is 0 Å². The minimum atomic E-state index is -0.910. The number of thiazole rings is 1. The van der Waals surface area contributed by atoms with Crippen molar-refractivity contribution in [3.63, 3.8) is 0 Å². The highest BCUT2D eigenvalue weighted by atomic mass is 32.1. The number of halogens is 2. The quantitative estimate of drug-likeness (QED) is 0.750. The molecule has 0 spiro atoms. The fourth-order valence-electron chi connectivity index (χ4n) is 2.34. The number of nitrogen functional groups attached to an aromatic ring is 1. The molecule has 22 heavy (non-hydrogen) atoms. The second-order valence-electron chi connectivity index (χ2n) is 4.99. The van der Waals surface area contributed by atoms with Crippen LogP contribution in [0.4, 0.5) is 19.7 Å². The molecule has 0 saturated carbocycles. The van der Waals surface area contributed by atoms with Crippen molar-refractivity contribution < 1.29 is 13.6 Å². The van der Waals surface area contributed by atoms with Crippen molar-refractivity contribution in [3.05, 3.63) is 40.3 Å². The first-order valence-electron chi connectivity index (χ1n) is 6.78. The van der Waals surface area contributed by atoms with Gasteiger partial charge in [-0.25, -0.2) is 13.8 Å². The van der Waals surface area contributed by atoms with Crippen LogP contribution in [0.2, 0.25) is 0 Å². The van der Waals surface area contributed by atoms with E-state index in [-0.39, 0.29) is 16.7 Å². The average Bonchev–Trinajstić information content (AvgIpc) is 3.08. The lowest BCUT2D eigenvalue weighted by Gasteiger charge is -2.08. The molecule has 0 radical (unpaired) electrons. The first-order valence-corrected chi connectivity index (χ1v) is 7.60. The Morgan fingerprint density at radius 3 is 2.77 bits per heavy atom. The number of nitrogens with zero attached hydrogens (tertiary/aromatic N) is 1. The molecular weight excluding hydrogens is 310 g/mol. The summed E-state index contributed by atoms with van der Waals surface area (Å²) in [4.78, 5) is 16.4. The molecule has 2 aromatic rings. The number of ketones is 1. The number of anilines is 2. The summed E-state index contributed by atoms with van der Waals surface area (Å²) < 4.78 is 27.4. The SMILES string of the molecule is Nc1nc(N[C@H]2CCNC2)sc1C(=O)c1c(F)cccc1F. The van der Waals surface area contributed by atoms with Gasteiger partial charge in [-0.15, -0.1) is 0 Å². The molecular formula is C14H14F2N4OS. The van der Waals surface area contributed by atoms with Crippen LogP contribution < -0.4 is 16.4 Å². The molecule has 0 aliphatic carbocycles. The van der Waals surface area contributed by atoms with E-state index >= 15 is 0 Å². The van der Waals surface area contributed by atoms with Gasteiger partial charge < -0.3 is 16.4 Å². The molecule has 1 aromatic carbocycles. The van der Waals surface area contributed by atoms with Crippen LogP contribution >= 0.6 is 11.3 Å². The van der Waals surface area contributed by atoms with Gasteiger partial charge in [-0.1, -0.05) is 17.4 Å². The first-order chi connectivity index (χ1) is 10.6. The molecule has 3 rings (SSSR count). The van der Waals surface area contributed by atoms with Crippen molar-refractivity contribution in [1.82, 2.24) is 10.3 Å². The van der Waals surface area contributed by atoms with Gasteiger partial charge in [-0.2, -0.15) is 0 Å². The molecule has 0 bridgehead atoms. The van der Waals surface area contributed by atoms with Crippen LogP contribution in [0.1, 0.15) is 21.7 Å². The van der Waals surface area contributed by atoms with Gasteiger partial charge in [0, 0.05) is 12.6 Å². The Morgan fingerprint density at radius 2 is 2.14 bits per heavy atom. The van der Waals surface area contributed by atoms with E-state index in [1.807, 2.05) is 0 Å². The van der Waals surface area contributed by atoms with Crippen molar-refractivity contribution in [2.75, 3.05) is 24.1 Å². The van der Waals surface area contributed by atoms with Crippen LogP contribution in [0, 0.1) is 11.6 Å². The predicted molar refractivity (Wildman–Crippen MR) is 81.2 cm³/mol. The number of carbonyl (C=O) groups excluding carboxylic acids is 1. The Morgan fingerprint density at radius 1 is 1.41 bits per heavy atom. The lowest BCUT2D eigenvalue weighted by atomic mass is 10.1. The molecule has 4 N–H and O–H groups in total. The van der Waals surface area contributed by atoms with Gasteiger partial charge in [0.2, 0.25) is 5.78 Å². The Hall–Kier alpha value is -2.06. The van der Waals surface area contributed by atoms with E-state index in [0.717, 1.165) is 43.0 Å². The van der Waals surface area contributed by atoms with Crippen molar-refractivity contribution in [1.29, 1.82) is 0 Å². The van der Waals surface area contributed by atoms with Gasteiger partial charge >= 0.3 is 0 Å². The Bertz CT molecular complexity index is 693. The van der Waals surface area contributed by atoms with Crippen molar-refractivity contribution in [2.45, 2.75) is 12.5 Å². The second-order valence-corrected chi connectivity index (χ2v) is 5.99. The third kappa shape index (κ3) is 2.79. The Balaban J connectivity index is 1.88. The maximum atomic E-state index is 13.7. The number of benzene rings is 1. The maximum absolute atomic E-state index is 13.7. The van der Waals surface area contributed by atoms with Crippen LogP contribution in [0.5, 0.6) is 0 Å². The van der Waals surface area contributed by atoms with Crippen molar-refractivity contribution in [2.24, 2.45) is 0 Å². The standard InChI is InChI=1S/C14H14F2N4OS/c15-8-2-1-3-9(16)10(8)11(21)12-13(17)20-14(22-12)19-7-4-5-18-6-7/h1-3,7,18H,4-6,17H2,(H,19,20)/t7-/m0/s1. The highest BCUT2D eigenvalue weighted by molar-refractivity contribution is 7.18. The summed E-state index contributed by atoms with van der Waals surface area (Å²) >= 11 is 1.01. The Kier molecular flexibility index (Phi) is 4.04. The smallest absolute Gasteiger partial charge is 0.212 e. The highest BCUT2D eigenvalue weighted by Gasteiger charge is 2.25. The average molecular weight is 324 g/mol. The molecule has 1 aliphatic rings.